The Balaban J connectivity index is 0.000000211. The van der Waals surface area contributed by atoms with Gasteiger partial charge in [0.05, 0.1) is 40.8 Å². The lowest BCUT2D eigenvalue weighted by Crippen LogP contribution is -2.26. The quantitative estimate of drug-likeness (QED) is 0.192. The molecule has 0 saturated heterocycles. The monoisotopic (exact) mass is 556 g/mol. The molecule has 0 aliphatic heterocycles. The fourth-order valence-electron chi connectivity index (χ4n) is 3.91. The molecule has 10 heteroatoms. The molecule has 0 bridgehead atoms. The summed E-state index contributed by atoms with van der Waals surface area (Å²) in [7, 11) is 0. The molecule has 8 nitrogen and oxygen atoms in total. The minimum Gasteiger partial charge on any atom is -0.394 e. The molecule has 4 aromatic rings. The van der Waals surface area contributed by atoms with Gasteiger partial charge in [0.1, 0.15) is 6.29 Å². The third kappa shape index (κ3) is 8.48. The first-order valence-corrected chi connectivity index (χ1v) is 13.4. The van der Waals surface area contributed by atoms with Crippen LogP contribution in [0.3, 0.4) is 0 Å². The topological polar surface area (TPSA) is 113 Å². The van der Waals surface area contributed by atoms with E-state index in [0.29, 0.717) is 28.6 Å². The van der Waals surface area contributed by atoms with Gasteiger partial charge in [-0.3, -0.25) is 0 Å². The van der Waals surface area contributed by atoms with Gasteiger partial charge in [-0.25, -0.2) is 19.9 Å². The Bertz CT molecular complexity index is 1350. The summed E-state index contributed by atoms with van der Waals surface area (Å²) in [6, 6.07) is 14.7. The lowest BCUT2D eigenvalue weighted by atomic mass is 10.0. The van der Waals surface area contributed by atoms with Crippen molar-refractivity contribution in [3.8, 4) is 0 Å². The van der Waals surface area contributed by atoms with E-state index in [-0.39, 0.29) is 23.8 Å². The van der Waals surface area contributed by atoms with Gasteiger partial charge in [0.15, 0.2) is 21.9 Å². The molecule has 2 unspecified atom stereocenters. The molecule has 3 N–H and O–H groups in total. The maximum Gasteiger partial charge on any atom is 0.172 e. The predicted molar refractivity (Wildman–Crippen MR) is 156 cm³/mol. The molecule has 2 atom stereocenters. The third-order valence-electron chi connectivity index (χ3n) is 5.58. The first kappa shape index (κ1) is 29.5. The molecule has 0 saturated carbocycles. The number of benzene rings is 2. The number of rotatable bonds is 10. The summed E-state index contributed by atoms with van der Waals surface area (Å²) in [5, 5.41) is 16.2. The highest BCUT2D eigenvalue weighted by Gasteiger charge is 2.15. The molecule has 4 rings (SSSR count). The standard InChI is InChI=1S/C14H18ClN3O.C14H16ClN3O/c2*1-9(2)7-10(8-19)16-14-13(15)17-11-5-3-4-6-12(11)18-14/h3-6,9-10,19H,7-8H2,1-2H3,(H,16,18);3-6,8-10H,7H2,1-2H3,(H,16,18). The van der Waals surface area contributed by atoms with E-state index >= 15 is 0 Å². The summed E-state index contributed by atoms with van der Waals surface area (Å²) in [6.07, 6.45) is 2.46. The van der Waals surface area contributed by atoms with E-state index in [1.54, 1.807) is 0 Å². The largest absolute Gasteiger partial charge is 0.394 e. The number of aliphatic hydroxyl groups excluding tert-OH is 1. The van der Waals surface area contributed by atoms with E-state index in [1.165, 1.54) is 0 Å². The summed E-state index contributed by atoms with van der Waals surface area (Å²) in [6.45, 7) is 8.39. The lowest BCUT2D eigenvalue weighted by molar-refractivity contribution is -0.108. The molecule has 2 aromatic carbocycles. The number of nitrogens with one attached hydrogen (secondary N) is 2. The number of fused-ring (bicyclic) bond motifs is 2. The molecular weight excluding hydrogens is 523 g/mol. The molecule has 0 fully saturated rings. The van der Waals surface area contributed by atoms with Crippen LogP contribution < -0.4 is 10.6 Å². The van der Waals surface area contributed by atoms with Crippen LogP contribution in [0.25, 0.3) is 22.1 Å². The van der Waals surface area contributed by atoms with E-state index in [9.17, 15) is 9.90 Å². The number of anilines is 2. The van der Waals surface area contributed by atoms with Crippen LogP contribution in [0, 0.1) is 11.8 Å². The summed E-state index contributed by atoms with van der Waals surface area (Å²) in [5.41, 5.74) is 3.05. The number of nitrogens with zero attached hydrogens (tertiary/aromatic N) is 4. The van der Waals surface area contributed by atoms with Crippen molar-refractivity contribution in [1.29, 1.82) is 0 Å². The van der Waals surface area contributed by atoms with Crippen LogP contribution in [0.15, 0.2) is 48.5 Å². The zero-order valence-electron chi connectivity index (χ0n) is 22.0. The molecule has 0 spiro atoms. The van der Waals surface area contributed by atoms with Crippen molar-refractivity contribution >= 4 is 63.2 Å². The maximum absolute atomic E-state index is 11.1. The number of aromatic nitrogens is 4. The Morgan fingerprint density at radius 3 is 1.55 bits per heavy atom. The minimum absolute atomic E-state index is 0.0447. The minimum atomic E-state index is -0.298. The van der Waals surface area contributed by atoms with Crippen molar-refractivity contribution in [1.82, 2.24) is 19.9 Å². The van der Waals surface area contributed by atoms with Gasteiger partial charge in [-0.15, -0.1) is 0 Å². The number of aldehydes is 1. The van der Waals surface area contributed by atoms with Crippen molar-refractivity contribution in [3.63, 3.8) is 0 Å². The van der Waals surface area contributed by atoms with Crippen LogP contribution in [0.1, 0.15) is 40.5 Å². The predicted octanol–water partition coefficient (Wildman–Crippen LogP) is 6.41. The number of carbonyl (C=O) groups excluding carboxylic acids is 1. The molecule has 0 radical (unpaired) electrons. The van der Waals surface area contributed by atoms with E-state index in [0.717, 1.165) is 41.2 Å². The first-order valence-electron chi connectivity index (χ1n) is 12.6. The van der Waals surface area contributed by atoms with E-state index < -0.39 is 0 Å². The van der Waals surface area contributed by atoms with Crippen molar-refractivity contribution in [2.24, 2.45) is 11.8 Å². The van der Waals surface area contributed by atoms with E-state index in [4.69, 9.17) is 23.2 Å². The second-order valence-electron chi connectivity index (χ2n) is 9.87. The summed E-state index contributed by atoms with van der Waals surface area (Å²) in [5.74, 6) is 1.88. The van der Waals surface area contributed by atoms with Gasteiger partial charge >= 0.3 is 0 Å². The summed E-state index contributed by atoms with van der Waals surface area (Å²) in [4.78, 5) is 28.5. The fourth-order valence-corrected chi connectivity index (χ4v) is 4.29. The average Bonchev–Trinajstić information content (AvgIpc) is 2.88. The number of aliphatic hydroxyl groups is 1. The van der Waals surface area contributed by atoms with Gasteiger partial charge in [0, 0.05) is 0 Å². The molecule has 0 aliphatic rings. The van der Waals surface area contributed by atoms with Crippen molar-refractivity contribution in [3.05, 3.63) is 58.8 Å². The van der Waals surface area contributed by atoms with Crippen LogP contribution in [0.5, 0.6) is 0 Å². The zero-order valence-corrected chi connectivity index (χ0v) is 23.5. The highest BCUT2D eigenvalue weighted by Crippen LogP contribution is 2.23. The van der Waals surface area contributed by atoms with Crippen molar-refractivity contribution in [2.45, 2.75) is 52.6 Å². The highest BCUT2D eigenvalue weighted by atomic mass is 35.5. The fraction of sp³-hybridized carbons (Fsp3) is 0.393. The Labute approximate surface area is 233 Å². The van der Waals surface area contributed by atoms with Gasteiger partial charge in [0.25, 0.3) is 0 Å². The molecule has 2 aromatic heterocycles. The number of hydrogen-bond acceptors (Lipinski definition) is 8. The van der Waals surface area contributed by atoms with Gasteiger partial charge in [-0.1, -0.05) is 75.2 Å². The maximum atomic E-state index is 11.1. The van der Waals surface area contributed by atoms with Crippen LogP contribution in [0.4, 0.5) is 11.6 Å². The van der Waals surface area contributed by atoms with Crippen LogP contribution in [-0.2, 0) is 4.79 Å². The normalized spacial score (nSPS) is 12.8. The number of halogens is 2. The number of para-hydroxylation sites is 4. The van der Waals surface area contributed by atoms with Crippen LogP contribution in [-0.4, -0.2) is 50.0 Å². The lowest BCUT2D eigenvalue weighted by Gasteiger charge is -2.19. The van der Waals surface area contributed by atoms with Crippen LogP contribution >= 0.6 is 23.2 Å². The molecule has 2 heterocycles. The van der Waals surface area contributed by atoms with Gasteiger partial charge in [-0.2, -0.15) is 0 Å². The first-order chi connectivity index (χ1) is 18.2. The van der Waals surface area contributed by atoms with E-state index in [1.807, 2.05) is 48.5 Å². The zero-order chi connectivity index (χ0) is 27.7. The molecule has 202 valence electrons. The van der Waals surface area contributed by atoms with E-state index in [2.05, 4.69) is 58.3 Å². The smallest absolute Gasteiger partial charge is 0.172 e. The van der Waals surface area contributed by atoms with Gasteiger partial charge < -0.3 is 20.5 Å². The SMILES string of the molecule is CC(C)CC(C=O)Nc1nc2ccccc2nc1Cl.CC(C)CC(CO)Nc1nc2ccccc2nc1Cl. The molecule has 0 aliphatic carbocycles. The van der Waals surface area contributed by atoms with Gasteiger partial charge in [0.2, 0.25) is 0 Å². The summed E-state index contributed by atoms with van der Waals surface area (Å²) < 4.78 is 0. The van der Waals surface area contributed by atoms with Crippen molar-refractivity contribution < 1.29 is 9.90 Å². The Morgan fingerprint density at radius 1 is 0.737 bits per heavy atom. The van der Waals surface area contributed by atoms with Gasteiger partial charge in [-0.05, 0) is 48.9 Å². The Kier molecular flexibility index (Phi) is 11.0. The van der Waals surface area contributed by atoms with Crippen molar-refractivity contribution in [2.75, 3.05) is 17.2 Å². The molecular formula is C28H34Cl2N6O2. The van der Waals surface area contributed by atoms with Crippen LogP contribution in [0.2, 0.25) is 10.3 Å². The molecule has 38 heavy (non-hydrogen) atoms. The average molecular weight is 558 g/mol. The Hall–Kier alpha value is -3.07. The second-order valence-corrected chi connectivity index (χ2v) is 10.6. The molecule has 0 amide bonds. The number of hydrogen-bond donors (Lipinski definition) is 3. The highest BCUT2D eigenvalue weighted by molar-refractivity contribution is 6.32. The second kappa shape index (κ2) is 14.2. The third-order valence-corrected chi connectivity index (χ3v) is 6.11. The Morgan fingerprint density at radius 2 is 1.16 bits per heavy atom. The summed E-state index contributed by atoms with van der Waals surface area (Å²) >= 11 is 12.2. The number of carbonyl (C=O) groups is 1.